The Morgan fingerprint density at radius 1 is 1.29 bits per heavy atom. The zero-order valence-electron chi connectivity index (χ0n) is 8.00. The highest BCUT2D eigenvalue weighted by Gasteiger charge is 2.31. The molecule has 0 spiro atoms. The first-order chi connectivity index (χ1) is 6.41. The van der Waals surface area contributed by atoms with Gasteiger partial charge in [0.2, 0.25) is 0 Å². The van der Waals surface area contributed by atoms with E-state index in [2.05, 4.69) is 0 Å². The lowest BCUT2D eigenvalue weighted by molar-refractivity contribution is -0.146. The van der Waals surface area contributed by atoms with Gasteiger partial charge in [-0.05, 0) is 19.9 Å². The lowest BCUT2D eigenvalue weighted by atomic mass is 10.00. The third-order valence-corrected chi connectivity index (χ3v) is 1.88. The highest BCUT2D eigenvalue weighted by Crippen LogP contribution is 2.05. The van der Waals surface area contributed by atoms with Crippen LogP contribution < -0.4 is 5.73 Å². The summed E-state index contributed by atoms with van der Waals surface area (Å²) in [7, 11) is 0. The van der Waals surface area contributed by atoms with Crippen LogP contribution in [0.1, 0.15) is 13.3 Å². The molecule has 0 aromatic carbocycles. The van der Waals surface area contributed by atoms with Gasteiger partial charge < -0.3 is 26.2 Å². The van der Waals surface area contributed by atoms with E-state index in [1.807, 2.05) is 0 Å². The standard InChI is InChI=1S/C8H17NO5/c1-4(10)6(12)8(14)7(13)5(11)2-3-9/h4-6,8,10-12,14H,2-3,9H2,1H3/t4-,5?,6+,8+/m1/s1. The number of aliphatic hydroxyl groups is 4. The van der Waals surface area contributed by atoms with Crippen molar-refractivity contribution < 1.29 is 25.2 Å². The Bertz CT molecular complexity index is 185. The average Bonchev–Trinajstić information content (AvgIpc) is 2.14. The molecule has 0 radical (unpaired) electrons. The summed E-state index contributed by atoms with van der Waals surface area (Å²) in [6.45, 7) is 1.33. The van der Waals surface area contributed by atoms with Gasteiger partial charge in [-0.2, -0.15) is 0 Å². The molecule has 6 nitrogen and oxygen atoms in total. The van der Waals surface area contributed by atoms with Gasteiger partial charge in [0.1, 0.15) is 18.3 Å². The number of hydrogen-bond donors (Lipinski definition) is 5. The summed E-state index contributed by atoms with van der Waals surface area (Å²) < 4.78 is 0. The first-order valence-corrected chi connectivity index (χ1v) is 4.37. The minimum atomic E-state index is -1.78. The molecule has 6 heteroatoms. The van der Waals surface area contributed by atoms with Crippen molar-refractivity contribution in [3.05, 3.63) is 0 Å². The summed E-state index contributed by atoms with van der Waals surface area (Å²) in [6.07, 6.45) is -5.99. The third kappa shape index (κ3) is 3.69. The number of nitrogens with two attached hydrogens (primary N) is 1. The van der Waals surface area contributed by atoms with Crippen LogP contribution in [-0.2, 0) is 4.79 Å². The van der Waals surface area contributed by atoms with E-state index in [0.717, 1.165) is 0 Å². The van der Waals surface area contributed by atoms with Crippen molar-refractivity contribution in [2.75, 3.05) is 6.54 Å². The van der Waals surface area contributed by atoms with E-state index < -0.39 is 30.2 Å². The summed E-state index contributed by atoms with van der Waals surface area (Å²) in [5.74, 6) is -0.927. The quantitative estimate of drug-likeness (QED) is 0.324. The number of rotatable bonds is 6. The van der Waals surface area contributed by atoms with Crippen molar-refractivity contribution in [2.24, 2.45) is 5.73 Å². The van der Waals surface area contributed by atoms with Crippen LogP contribution in [0.15, 0.2) is 0 Å². The maximum atomic E-state index is 11.2. The van der Waals surface area contributed by atoms with Crippen LogP contribution in [0.25, 0.3) is 0 Å². The zero-order chi connectivity index (χ0) is 11.3. The van der Waals surface area contributed by atoms with Gasteiger partial charge in [-0.25, -0.2) is 0 Å². The first-order valence-electron chi connectivity index (χ1n) is 4.37. The average molecular weight is 207 g/mol. The third-order valence-electron chi connectivity index (χ3n) is 1.88. The molecule has 14 heavy (non-hydrogen) atoms. The second-order valence-electron chi connectivity index (χ2n) is 3.17. The Hall–Kier alpha value is -0.530. The van der Waals surface area contributed by atoms with Gasteiger partial charge in [-0.15, -0.1) is 0 Å². The van der Waals surface area contributed by atoms with Crippen LogP contribution in [-0.4, -0.2) is 57.2 Å². The SMILES string of the molecule is C[C@@H](O)[C@H](O)[C@H](O)C(=O)C(O)CCN. The number of carbonyl (C=O) groups is 1. The number of ketones is 1. The fraction of sp³-hybridized carbons (Fsp3) is 0.875. The van der Waals surface area contributed by atoms with Crippen molar-refractivity contribution in [3.63, 3.8) is 0 Å². The molecule has 0 aliphatic rings. The van der Waals surface area contributed by atoms with Gasteiger partial charge >= 0.3 is 0 Å². The monoisotopic (exact) mass is 207 g/mol. The van der Waals surface area contributed by atoms with Crippen LogP contribution in [0.2, 0.25) is 0 Å². The van der Waals surface area contributed by atoms with E-state index in [4.69, 9.17) is 21.1 Å². The van der Waals surface area contributed by atoms with Crippen LogP contribution in [0.5, 0.6) is 0 Å². The molecular weight excluding hydrogens is 190 g/mol. The fourth-order valence-corrected chi connectivity index (χ4v) is 0.929. The second kappa shape index (κ2) is 6.05. The number of hydrogen-bond acceptors (Lipinski definition) is 6. The lowest BCUT2D eigenvalue weighted by Crippen LogP contribution is -2.45. The van der Waals surface area contributed by atoms with Gasteiger partial charge in [0.05, 0.1) is 6.10 Å². The Balaban J connectivity index is 4.23. The highest BCUT2D eigenvalue weighted by atomic mass is 16.4. The molecule has 0 aliphatic heterocycles. The van der Waals surface area contributed by atoms with Crippen molar-refractivity contribution in [2.45, 2.75) is 37.8 Å². The predicted octanol–water partition coefficient (Wildman–Crippen LogP) is -2.63. The largest absolute Gasteiger partial charge is 0.391 e. The van der Waals surface area contributed by atoms with Gasteiger partial charge in [-0.3, -0.25) is 4.79 Å². The molecule has 0 heterocycles. The van der Waals surface area contributed by atoms with E-state index in [1.54, 1.807) is 0 Å². The van der Waals surface area contributed by atoms with Crippen LogP contribution in [0, 0.1) is 0 Å². The first kappa shape index (κ1) is 13.5. The molecule has 0 saturated carbocycles. The van der Waals surface area contributed by atoms with E-state index in [9.17, 15) is 9.90 Å². The summed E-state index contributed by atoms with van der Waals surface area (Å²) in [4.78, 5) is 11.2. The molecule has 1 unspecified atom stereocenters. The van der Waals surface area contributed by atoms with E-state index in [-0.39, 0.29) is 13.0 Å². The molecule has 0 rings (SSSR count). The number of carbonyl (C=O) groups excluding carboxylic acids is 1. The molecule has 6 N–H and O–H groups in total. The lowest BCUT2D eigenvalue weighted by Gasteiger charge is -2.21. The van der Waals surface area contributed by atoms with E-state index >= 15 is 0 Å². The van der Waals surface area contributed by atoms with Crippen LogP contribution in [0.3, 0.4) is 0 Å². The van der Waals surface area contributed by atoms with E-state index in [0.29, 0.717) is 0 Å². The minimum absolute atomic E-state index is 0.0163. The molecule has 0 aromatic heterocycles. The molecule has 0 saturated heterocycles. The molecule has 0 aliphatic carbocycles. The maximum Gasteiger partial charge on any atom is 0.192 e. The normalized spacial score (nSPS) is 19.9. The summed E-state index contributed by atoms with van der Waals surface area (Å²) >= 11 is 0. The van der Waals surface area contributed by atoms with Crippen LogP contribution >= 0.6 is 0 Å². The molecule has 0 amide bonds. The highest BCUT2D eigenvalue weighted by molar-refractivity contribution is 5.87. The van der Waals surface area contributed by atoms with Crippen LogP contribution in [0.4, 0.5) is 0 Å². The Morgan fingerprint density at radius 2 is 1.79 bits per heavy atom. The van der Waals surface area contributed by atoms with Crippen molar-refractivity contribution >= 4 is 5.78 Å². The Kier molecular flexibility index (Phi) is 5.82. The van der Waals surface area contributed by atoms with Gasteiger partial charge in [0.25, 0.3) is 0 Å². The van der Waals surface area contributed by atoms with Gasteiger partial charge in [-0.1, -0.05) is 0 Å². The zero-order valence-corrected chi connectivity index (χ0v) is 8.00. The minimum Gasteiger partial charge on any atom is -0.391 e. The number of aliphatic hydroxyl groups excluding tert-OH is 4. The smallest absolute Gasteiger partial charge is 0.192 e. The summed E-state index contributed by atoms with van der Waals surface area (Å²) in [5.41, 5.74) is 5.10. The summed E-state index contributed by atoms with van der Waals surface area (Å²) in [5, 5.41) is 36.3. The van der Waals surface area contributed by atoms with Gasteiger partial charge in [0, 0.05) is 0 Å². The van der Waals surface area contributed by atoms with Crippen molar-refractivity contribution in [3.8, 4) is 0 Å². The molecule has 84 valence electrons. The predicted molar refractivity (Wildman–Crippen MR) is 48.4 cm³/mol. The van der Waals surface area contributed by atoms with Gasteiger partial charge in [0.15, 0.2) is 5.78 Å². The molecule has 0 aromatic rings. The van der Waals surface area contributed by atoms with E-state index in [1.165, 1.54) is 6.92 Å². The Morgan fingerprint density at radius 3 is 2.14 bits per heavy atom. The van der Waals surface area contributed by atoms with Crippen molar-refractivity contribution in [1.82, 2.24) is 0 Å². The second-order valence-corrected chi connectivity index (χ2v) is 3.17. The topological polar surface area (TPSA) is 124 Å². The van der Waals surface area contributed by atoms with Crippen molar-refractivity contribution in [1.29, 1.82) is 0 Å². The maximum absolute atomic E-state index is 11.2. The fourth-order valence-electron chi connectivity index (χ4n) is 0.929. The summed E-state index contributed by atoms with van der Waals surface area (Å²) in [6, 6.07) is 0. The number of Topliss-reactive ketones (excluding diaryl/α,β-unsaturated/α-hetero) is 1. The molecule has 0 fully saturated rings. The molecular formula is C8H17NO5. The Labute approximate surface area is 82.0 Å². The molecule has 0 bridgehead atoms. The molecule has 4 atom stereocenters.